The first kappa shape index (κ1) is 17.3. The van der Waals surface area contributed by atoms with E-state index in [9.17, 15) is 0 Å². The van der Waals surface area contributed by atoms with Gasteiger partial charge in [-0.3, -0.25) is 0 Å². The lowest BCUT2D eigenvalue weighted by atomic mass is 10.2. The highest BCUT2D eigenvalue weighted by Crippen LogP contribution is 2.31. The zero-order valence-corrected chi connectivity index (χ0v) is 13.6. The van der Waals surface area contributed by atoms with Gasteiger partial charge in [-0.05, 0) is 31.7 Å². The second-order valence-corrected chi connectivity index (χ2v) is 5.57. The zero-order valence-electron chi connectivity index (χ0n) is 12.1. The normalized spacial score (nSPS) is 10.7. The SMILES string of the molecule is CCCNc1nc(N(C)CCCCCO)c(Cl)cc1Cl. The van der Waals surface area contributed by atoms with Crippen LogP contribution in [0.4, 0.5) is 11.6 Å². The van der Waals surface area contributed by atoms with Crippen molar-refractivity contribution in [1.82, 2.24) is 4.98 Å². The fraction of sp³-hybridized carbons (Fsp3) is 0.643. The molecule has 0 saturated heterocycles. The molecule has 1 aromatic heterocycles. The number of nitrogens with one attached hydrogen (secondary N) is 1. The van der Waals surface area contributed by atoms with E-state index in [1.54, 1.807) is 6.07 Å². The number of unbranched alkanes of at least 4 members (excludes halogenated alkanes) is 2. The van der Waals surface area contributed by atoms with Crippen LogP contribution in [0, 0.1) is 0 Å². The second-order valence-electron chi connectivity index (χ2n) is 4.76. The Bertz CT molecular complexity index is 416. The molecule has 0 amide bonds. The Labute approximate surface area is 131 Å². The molecule has 114 valence electrons. The molecule has 0 aliphatic heterocycles. The van der Waals surface area contributed by atoms with Crippen molar-refractivity contribution in [2.75, 3.05) is 37.0 Å². The number of nitrogens with zero attached hydrogens (tertiary/aromatic N) is 2. The molecular formula is C14H23Cl2N3O. The van der Waals surface area contributed by atoms with Crippen LogP contribution in [0.3, 0.4) is 0 Å². The molecule has 0 radical (unpaired) electrons. The molecule has 2 N–H and O–H groups in total. The van der Waals surface area contributed by atoms with Crippen molar-refractivity contribution >= 4 is 34.8 Å². The van der Waals surface area contributed by atoms with Crippen LogP contribution in [0.1, 0.15) is 32.6 Å². The molecule has 0 aromatic carbocycles. The maximum atomic E-state index is 8.77. The molecule has 1 aromatic rings. The summed E-state index contributed by atoms with van der Waals surface area (Å²) in [4.78, 5) is 6.53. The summed E-state index contributed by atoms with van der Waals surface area (Å²) < 4.78 is 0. The third-order valence-electron chi connectivity index (χ3n) is 2.97. The van der Waals surface area contributed by atoms with Gasteiger partial charge in [-0.1, -0.05) is 30.1 Å². The maximum Gasteiger partial charge on any atom is 0.149 e. The maximum absolute atomic E-state index is 8.77. The molecule has 0 fully saturated rings. The Balaban J connectivity index is 2.71. The highest BCUT2D eigenvalue weighted by molar-refractivity contribution is 6.37. The molecule has 1 rings (SSSR count). The van der Waals surface area contributed by atoms with E-state index in [0.717, 1.165) is 44.6 Å². The predicted octanol–water partition coefficient (Wildman–Crippen LogP) is 3.81. The van der Waals surface area contributed by atoms with Crippen LogP contribution in [0.25, 0.3) is 0 Å². The van der Waals surface area contributed by atoms with Crippen LogP contribution in [0.5, 0.6) is 0 Å². The number of pyridine rings is 1. The average molecular weight is 320 g/mol. The number of hydrogen-bond acceptors (Lipinski definition) is 4. The zero-order chi connectivity index (χ0) is 15.0. The lowest BCUT2D eigenvalue weighted by Gasteiger charge is -2.21. The molecule has 0 atom stereocenters. The summed E-state index contributed by atoms with van der Waals surface area (Å²) in [6.07, 6.45) is 3.83. The van der Waals surface area contributed by atoms with E-state index >= 15 is 0 Å². The first-order valence-corrected chi connectivity index (χ1v) is 7.77. The lowest BCUT2D eigenvalue weighted by molar-refractivity contribution is 0.283. The van der Waals surface area contributed by atoms with Gasteiger partial charge in [0.15, 0.2) is 0 Å². The molecule has 0 aliphatic carbocycles. The molecule has 4 nitrogen and oxygen atoms in total. The monoisotopic (exact) mass is 319 g/mol. The number of anilines is 2. The van der Waals surface area contributed by atoms with Gasteiger partial charge in [0.25, 0.3) is 0 Å². The average Bonchev–Trinajstić information content (AvgIpc) is 2.42. The van der Waals surface area contributed by atoms with E-state index in [0.29, 0.717) is 15.9 Å². The summed E-state index contributed by atoms with van der Waals surface area (Å²) in [5.41, 5.74) is 0. The highest BCUT2D eigenvalue weighted by Gasteiger charge is 2.12. The van der Waals surface area contributed by atoms with E-state index in [4.69, 9.17) is 28.3 Å². The van der Waals surface area contributed by atoms with Crippen LogP contribution >= 0.6 is 23.2 Å². The largest absolute Gasteiger partial charge is 0.396 e. The van der Waals surface area contributed by atoms with Gasteiger partial charge in [0, 0.05) is 26.7 Å². The van der Waals surface area contributed by atoms with Gasteiger partial charge in [0.2, 0.25) is 0 Å². The van der Waals surface area contributed by atoms with Crippen molar-refractivity contribution in [1.29, 1.82) is 0 Å². The van der Waals surface area contributed by atoms with Crippen molar-refractivity contribution in [3.63, 3.8) is 0 Å². The minimum absolute atomic E-state index is 0.245. The fourth-order valence-corrected chi connectivity index (χ4v) is 2.41. The molecule has 20 heavy (non-hydrogen) atoms. The summed E-state index contributed by atoms with van der Waals surface area (Å²) in [7, 11) is 1.96. The smallest absolute Gasteiger partial charge is 0.149 e. The molecule has 1 heterocycles. The molecule has 0 bridgehead atoms. The molecule has 0 spiro atoms. The number of rotatable bonds is 9. The molecule has 0 aliphatic rings. The van der Waals surface area contributed by atoms with Gasteiger partial charge < -0.3 is 15.3 Å². The van der Waals surface area contributed by atoms with Gasteiger partial charge in [-0.2, -0.15) is 0 Å². The summed E-state index contributed by atoms with van der Waals surface area (Å²) in [6, 6.07) is 1.73. The van der Waals surface area contributed by atoms with Gasteiger partial charge in [-0.15, -0.1) is 0 Å². The Morgan fingerprint density at radius 1 is 1.25 bits per heavy atom. The Morgan fingerprint density at radius 3 is 2.65 bits per heavy atom. The third kappa shape index (κ3) is 5.35. The second kappa shape index (κ2) is 9.27. The van der Waals surface area contributed by atoms with E-state index in [1.165, 1.54) is 0 Å². The first-order chi connectivity index (χ1) is 9.60. The molecular weight excluding hydrogens is 297 g/mol. The van der Waals surface area contributed by atoms with Crippen molar-refractivity contribution in [2.45, 2.75) is 32.6 Å². The Morgan fingerprint density at radius 2 is 2.00 bits per heavy atom. The van der Waals surface area contributed by atoms with Crippen LogP contribution in [0.15, 0.2) is 6.07 Å². The Kier molecular flexibility index (Phi) is 8.04. The first-order valence-electron chi connectivity index (χ1n) is 7.02. The summed E-state index contributed by atoms with van der Waals surface area (Å²) in [6.45, 7) is 4.01. The number of aromatic nitrogens is 1. The lowest BCUT2D eigenvalue weighted by Crippen LogP contribution is -2.21. The van der Waals surface area contributed by atoms with Gasteiger partial charge >= 0.3 is 0 Å². The van der Waals surface area contributed by atoms with Crippen molar-refractivity contribution < 1.29 is 5.11 Å². The highest BCUT2D eigenvalue weighted by atomic mass is 35.5. The topological polar surface area (TPSA) is 48.4 Å². The Hall–Kier alpha value is -0.710. The minimum atomic E-state index is 0.245. The van der Waals surface area contributed by atoms with Crippen LogP contribution in [-0.4, -0.2) is 36.8 Å². The van der Waals surface area contributed by atoms with Crippen LogP contribution in [-0.2, 0) is 0 Å². The summed E-state index contributed by atoms with van der Waals surface area (Å²) in [5, 5.41) is 13.1. The van der Waals surface area contributed by atoms with Gasteiger partial charge in [0.05, 0.1) is 10.0 Å². The summed E-state index contributed by atoms with van der Waals surface area (Å²) in [5.74, 6) is 1.41. The standard InChI is InChI=1S/C14H23Cl2N3O/c1-3-7-17-13-11(15)10-12(16)14(18-13)19(2)8-5-4-6-9-20/h10,20H,3-9H2,1-2H3,(H,17,18). The number of hydrogen-bond donors (Lipinski definition) is 2. The van der Waals surface area contributed by atoms with Crippen LogP contribution in [0.2, 0.25) is 10.0 Å². The molecule has 6 heteroatoms. The predicted molar refractivity (Wildman–Crippen MR) is 87.2 cm³/mol. The third-order valence-corrected chi connectivity index (χ3v) is 3.53. The van der Waals surface area contributed by atoms with Gasteiger partial charge in [0.1, 0.15) is 11.6 Å². The van der Waals surface area contributed by atoms with Gasteiger partial charge in [-0.25, -0.2) is 4.98 Å². The number of aliphatic hydroxyl groups is 1. The molecule has 0 saturated carbocycles. The van der Waals surface area contributed by atoms with Crippen molar-refractivity contribution in [3.8, 4) is 0 Å². The quantitative estimate of drug-likeness (QED) is 0.679. The molecule has 0 unspecified atom stereocenters. The number of halogens is 2. The summed E-state index contributed by atoms with van der Waals surface area (Å²) >= 11 is 12.3. The van der Waals surface area contributed by atoms with E-state index < -0.39 is 0 Å². The fourth-order valence-electron chi connectivity index (χ4n) is 1.84. The van der Waals surface area contributed by atoms with Crippen molar-refractivity contribution in [2.24, 2.45) is 0 Å². The minimum Gasteiger partial charge on any atom is -0.396 e. The van der Waals surface area contributed by atoms with Crippen LogP contribution < -0.4 is 10.2 Å². The van der Waals surface area contributed by atoms with E-state index in [-0.39, 0.29) is 6.61 Å². The van der Waals surface area contributed by atoms with Crippen molar-refractivity contribution in [3.05, 3.63) is 16.1 Å². The van der Waals surface area contributed by atoms with E-state index in [2.05, 4.69) is 17.2 Å². The van der Waals surface area contributed by atoms with E-state index in [1.807, 2.05) is 11.9 Å². The number of aliphatic hydroxyl groups excluding tert-OH is 1.